The van der Waals surface area contributed by atoms with Gasteiger partial charge in [-0.3, -0.25) is 4.79 Å². The number of rotatable bonds is 3. The monoisotopic (exact) mass is 278 g/mol. The van der Waals surface area contributed by atoms with Crippen LogP contribution >= 0.6 is 0 Å². The van der Waals surface area contributed by atoms with Crippen LogP contribution in [0.3, 0.4) is 0 Å². The van der Waals surface area contributed by atoms with E-state index in [9.17, 15) is 4.79 Å². The van der Waals surface area contributed by atoms with Gasteiger partial charge in [-0.1, -0.05) is 30.3 Å². The fraction of sp³-hybridized carbons (Fsp3) is 0.188. The molecule has 2 heterocycles. The molecular formula is C16H14N4O. The van der Waals surface area contributed by atoms with Gasteiger partial charge in [-0.15, -0.1) is 0 Å². The minimum absolute atomic E-state index is 0.0924. The molecule has 1 aromatic carbocycles. The number of carbonyl (C=O) groups excluding carboxylic acids is 1. The quantitative estimate of drug-likeness (QED) is 0.799. The molecule has 0 radical (unpaired) electrons. The van der Waals surface area contributed by atoms with Crippen LogP contribution in [0.4, 0.5) is 0 Å². The third kappa shape index (κ3) is 2.16. The molecule has 5 nitrogen and oxygen atoms in total. The topological polar surface area (TPSA) is 59.3 Å². The Morgan fingerprint density at radius 3 is 2.76 bits per heavy atom. The van der Waals surface area contributed by atoms with Gasteiger partial charge >= 0.3 is 0 Å². The summed E-state index contributed by atoms with van der Waals surface area (Å²) in [6.45, 7) is 0. The van der Waals surface area contributed by atoms with Crippen molar-refractivity contribution in [1.29, 1.82) is 0 Å². The van der Waals surface area contributed by atoms with Crippen molar-refractivity contribution in [2.45, 2.75) is 18.9 Å². The van der Waals surface area contributed by atoms with Gasteiger partial charge in [-0.05, 0) is 18.9 Å². The summed E-state index contributed by atoms with van der Waals surface area (Å²) in [5.74, 6) is -0.0924. The highest BCUT2D eigenvalue weighted by atomic mass is 16.1. The second-order valence-electron chi connectivity index (χ2n) is 5.24. The second-order valence-corrected chi connectivity index (χ2v) is 5.24. The molecule has 1 amide bonds. The van der Waals surface area contributed by atoms with Gasteiger partial charge < -0.3 is 5.32 Å². The van der Waals surface area contributed by atoms with Crippen molar-refractivity contribution in [2.24, 2.45) is 0 Å². The Hall–Kier alpha value is -2.69. The summed E-state index contributed by atoms with van der Waals surface area (Å²) in [6.07, 6.45) is 5.43. The van der Waals surface area contributed by atoms with Gasteiger partial charge in [0.1, 0.15) is 5.56 Å². The molecule has 1 N–H and O–H groups in total. The third-order valence-electron chi connectivity index (χ3n) is 3.63. The van der Waals surface area contributed by atoms with Crippen LogP contribution in [0.25, 0.3) is 16.9 Å². The van der Waals surface area contributed by atoms with Crippen molar-refractivity contribution in [3.63, 3.8) is 0 Å². The zero-order valence-electron chi connectivity index (χ0n) is 11.4. The number of nitrogens with zero attached hydrogens (tertiary/aromatic N) is 3. The average molecular weight is 278 g/mol. The number of nitrogens with one attached hydrogen (secondary N) is 1. The molecule has 1 fully saturated rings. The minimum Gasteiger partial charge on any atom is -0.349 e. The summed E-state index contributed by atoms with van der Waals surface area (Å²) in [5.41, 5.74) is 3.09. The zero-order chi connectivity index (χ0) is 14.2. The van der Waals surface area contributed by atoms with Crippen LogP contribution in [0.5, 0.6) is 0 Å². The summed E-state index contributed by atoms with van der Waals surface area (Å²) in [5, 5.41) is 7.31. The molecule has 0 aliphatic heterocycles. The van der Waals surface area contributed by atoms with Crippen LogP contribution in [-0.2, 0) is 0 Å². The lowest BCUT2D eigenvalue weighted by atomic mass is 10.1. The number of carbonyl (C=O) groups is 1. The first-order chi connectivity index (χ1) is 10.3. The first-order valence-electron chi connectivity index (χ1n) is 7.02. The molecule has 21 heavy (non-hydrogen) atoms. The van der Waals surface area contributed by atoms with E-state index < -0.39 is 0 Å². The van der Waals surface area contributed by atoms with Gasteiger partial charge in [0.05, 0.1) is 11.9 Å². The maximum absolute atomic E-state index is 12.2. The van der Waals surface area contributed by atoms with E-state index >= 15 is 0 Å². The minimum atomic E-state index is -0.0924. The molecule has 104 valence electrons. The highest BCUT2D eigenvalue weighted by Gasteiger charge is 2.25. The summed E-state index contributed by atoms with van der Waals surface area (Å²) in [6, 6.07) is 12.2. The highest BCUT2D eigenvalue weighted by Crippen LogP contribution is 2.22. The van der Waals surface area contributed by atoms with Crippen LogP contribution in [0.1, 0.15) is 23.2 Å². The highest BCUT2D eigenvalue weighted by molar-refractivity contribution is 6.00. The van der Waals surface area contributed by atoms with Crippen LogP contribution in [-0.4, -0.2) is 26.5 Å². The van der Waals surface area contributed by atoms with Crippen molar-refractivity contribution < 1.29 is 4.79 Å². The largest absolute Gasteiger partial charge is 0.349 e. The SMILES string of the molecule is O=C(NC1CC1)c1cnn2c(-c3ccccc3)ccnc12. The normalized spacial score (nSPS) is 14.3. The maximum Gasteiger partial charge on any atom is 0.256 e. The van der Waals surface area contributed by atoms with Crippen molar-refractivity contribution in [2.75, 3.05) is 0 Å². The number of fused-ring (bicyclic) bond motifs is 1. The van der Waals surface area contributed by atoms with Crippen molar-refractivity contribution in [3.8, 4) is 11.3 Å². The van der Waals surface area contributed by atoms with Crippen LogP contribution in [0, 0.1) is 0 Å². The number of aromatic nitrogens is 3. The summed E-state index contributed by atoms with van der Waals surface area (Å²) >= 11 is 0. The van der Waals surface area contributed by atoms with Crippen LogP contribution in [0.2, 0.25) is 0 Å². The second kappa shape index (κ2) is 4.70. The van der Waals surface area contributed by atoms with Crippen molar-refractivity contribution in [1.82, 2.24) is 19.9 Å². The molecule has 5 heteroatoms. The maximum atomic E-state index is 12.2. The van der Waals surface area contributed by atoms with Gasteiger partial charge in [0, 0.05) is 17.8 Å². The Kier molecular flexibility index (Phi) is 2.70. The number of hydrogen-bond donors (Lipinski definition) is 1. The van der Waals surface area contributed by atoms with Crippen LogP contribution < -0.4 is 5.32 Å². The Bertz CT molecular complexity index is 806. The van der Waals surface area contributed by atoms with Gasteiger partial charge in [-0.2, -0.15) is 5.10 Å². The molecule has 1 aliphatic rings. The zero-order valence-corrected chi connectivity index (χ0v) is 11.4. The molecular weight excluding hydrogens is 264 g/mol. The predicted octanol–water partition coefficient (Wildman–Crippen LogP) is 2.29. The van der Waals surface area contributed by atoms with Gasteiger partial charge in [0.25, 0.3) is 5.91 Å². The van der Waals surface area contributed by atoms with Gasteiger partial charge in [0.2, 0.25) is 0 Å². The van der Waals surface area contributed by atoms with E-state index in [-0.39, 0.29) is 5.91 Å². The lowest BCUT2D eigenvalue weighted by molar-refractivity contribution is 0.0952. The predicted molar refractivity (Wildman–Crippen MR) is 78.9 cm³/mol. The fourth-order valence-corrected chi connectivity index (χ4v) is 2.37. The van der Waals surface area contributed by atoms with E-state index in [1.165, 1.54) is 0 Å². The molecule has 1 saturated carbocycles. The standard InChI is InChI=1S/C16H14N4O/c21-16(19-12-6-7-12)13-10-18-20-14(8-9-17-15(13)20)11-4-2-1-3-5-11/h1-5,8-10,12H,6-7H2,(H,19,21). The van der Waals surface area contributed by atoms with E-state index in [0.717, 1.165) is 24.1 Å². The molecule has 0 unspecified atom stereocenters. The first kappa shape index (κ1) is 12.1. The average Bonchev–Trinajstić information content (AvgIpc) is 3.23. The lowest BCUT2D eigenvalue weighted by Crippen LogP contribution is -2.25. The van der Waals surface area contributed by atoms with E-state index in [4.69, 9.17) is 0 Å². The first-order valence-corrected chi connectivity index (χ1v) is 7.02. The smallest absolute Gasteiger partial charge is 0.256 e. The van der Waals surface area contributed by atoms with Crippen molar-refractivity contribution in [3.05, 3.63) is 54.4 Å². The van der Waals surface area contributed by atoms with E-state index in [2.05, 4.69) is 15.4 Å². The van der Waals surface area contributed by atoms with Gasteiger partial charge in [-0.25, -0.2) is 9.50 Å². The number of hydrogen-bond acceptors (Lipinski definition) is 3. The lowest BCUT2D eigenvalue weighted by Gasteiger charge is -2.05. The molecule has 4 rings (SSSR count). The Balaban J connectivity index is 1.80. The molecule has 2 aromatic heterocycles. The molecule has 0 saturated heterocycles. The third-order valence-corrected chi connectivity index (χ3v) is 3.63. The summed E-state index contributed by atoms with van der Waals surface area (Å²) in [7, 11) is 0. The fourth-order valence-electron chi connectivity index (χ4n) is 2.37. The Labute approximate surface area is 121 Å². The Morgan fingerprint density at radius 1 is 1.19 bits per heavy atom. The number of benzene rings is 1. The molecule has 3 aromatic rings. The molecule has 0 bridgehead atoms. The van der Waals surface area contributed by atoms with Crippen molar-refractivity contribution >= 4 is 11.6 Å². The molecule has 0 atom stereocenters. The summed E-state index contributed by atoms with van der Waals surface area (Å²) < 4.78 is 1.72. The Morgan fingerprint density at radius 2 is 2.00 bits per heavy atom. The van der Waals surface area contributed by atoms with E-state index in [1.807, 2.05) is 36.4 Å². The van der Waals surface area contributed by atoms with E-state index in [1.54, 1.807) is 16.9 Å². The number of amides is 1. The van der Waals surface area contributed by atoms with Crippen LogP contribution in [0.15, 0.2) is 48.8 Å². The van der Waals surface area contributed by atoms with E-state index in [0.29, 0.717) is 17.3 Å². The molecule has 0 spiro atoms. The molecule has 1 aliphatic carbocycles. The summed E-state index contributed by atoms with van der Waals surface area (Å²) in [4.78, 5) is 16.5. The van der Waals surface area contributed by atoms with Gasteiger partial charge in [0.15, 0.2) is 5.65 Å².